The van der Waals surface area contributed by atoms with Crippen molar-refractivity contribution in [2.75, 3.05) is 17.6 Å². The normalized spacial score (nSPS) is 12.1. The number of hydrogen-bond acceptors (Lipinski definition) is 3. The van der Waals surface area contributed by atoms with Gasteiger partial charge in [0.05, 0.1) is 22.5 Å². The highest BCUT2D eigenvalue weighted by Gasteiger charge is 2.09. The highest BCUT2D eigenvalue weighted by Crippen LogP contribution is 2.28. The molecule has 2 aromatic carbocycles. The molecule has 0 bridgehead atoms. The molecule has 4 N–H and O–H groups in total. The van der Waals surface area contributed by atoms with Crippen LogP contribution in [0, 0.1) is 0 Å². The van der Waals surface area contributed by atoms with Gasteiger partial charge in [-0.15, -0.1) is 0 Å². The van der Waals surface area contributed by atoms with Gasteiger partial charge in [0.15, 0.2) is 0 Å². The molecular weight excluding hydrogens is 248 g/mol. The van der Waals surface area contributed by atoms with Gasteiger partial charge in [-0.25, -0.2) is 0 Å². The zero-order valence-corrected chi connectivity index (χ0v) is 10.6. The Labute approximate surface area is 111 Å². The van der Waals surface area contributed by atoms with Crippen LogP contribution in [0.25, 0.3) is 0 Å². The van der Waals surface area contributed by atoms with E-state index in [1.165, 1.54) is 0 Å². The zero-order valence-electron chi connectivity index (χ0n) is 9.81. The maximum Gasteiger partial charge on any atom is 0.0962 e. The largest absolute Gasteiger partial charge is 0.397 e. The predicted molar refractivity (Wildman–Crippen MR) is 75.8 cm³/mol. The Hall–Kier alpha value is -1.71. The standard InChI is InChI=1S/C14H15ClN2O/c15-11-7-4-8-12(16)14(11)17-9-13(18)10-5-2-1-3-6-10/h1-8,13,17-18H,9,16H2. The molecule has 3 nitrogen and oxygen atoms in total. The van der Waals surface area contributed by atoms with E-state index in [-0.39, 0.29) is 0 Å². The van der Waals surface area contributed by atoms with E-state index < -0.39 is 6.10 Å². The van der Waals surface area contributed by atoms with Crippen molar-refractivity contribution in [3.63, 3.8) is 0 Å². The van der Waals surface area contributed by atoms with Gasteiger partial charge >= 0.3 is 0 Å². The maximum absolute atomic E-state index is 10.0. The molecule has 0 aliphatic rings. The lowest BCUT2D eigenvalue weighted by Crippen LogP contribution is -2.13. The van der Waals surface area contributed by atoms with Crippen LogP contribution in [0.3, 0.4) is 0 Å². The number of para-hydroxylation sites is 1. The lowest BCUT2D eigenvalue weighted by atomic mass is 10.1. The summed E-state index contributed by atoms with van der Waals surface area (Å²) < 4.78 is 0. The summed E-state index contributed by atoms with van der Waals surface area (Å²) in [5.41, 5.74) is 7.91. The lowest BCUT2D eigenvalue weighted by Gasteiger charge is -2.15. The molecule has 0 spiro atoms. The van der Waals surface area contributed by atoms with Crippen LogP contribution in [-0.2, 0) is 0 Å². The van der Waals surface area contributed by atoms with Crippen LogP contribution < -0.4 is 11.1 Å². The minimum atomic E-state index is -0.595. The number of hydrogen-bond donors (Lipinski definition) is 3. The lowest BCUT2D eigenvalue weighted by molar-refractivity contribution is 0.191. The van der Waals surface area contributed by atoms with E-state index in [4.69, 9.17) is 17.3 Å². The number of halogens is 1. The van der Waals surface area contributed by atoms with E-state index in [1.807, 2.05) is 30.3 Å². The fourth-order valence-electron chi connectivity index (χ4n) is 1.72. The Morgan fingerprint density at radius 3 is 2.50 bits per heavy atom. The summed E-state index contributed by atoms with van der Waals surface area (Å²) in [5.74, 6) is 0. The van der Waals surface area contributed by atoms with Gasteiger partial charge in [0.2, 0.25) is 0 Å². The van der Waals surface area contributed by atoms with Crippen molar-refractivity contribution in [3.8, 4) is 0 Å². The molecule has 18 heavy (non-hydrogen) atoms. The molecule has 0 aliphatic carbocycles. The minimum Gasteiger partial charge on any atom is -0.397 e. The van der Waals surface area contributed by atoms with Crippen molar-refractivity contribution in [2.24, 2.45) is 0 Å². The number of rotatable bonds is 4. The van der Waals surface area contributed by atoms with Crippen LogP contribution in [0.5, 0.6) is 0 Å². The Bertz CT molecular complexity index is 496. The number of aliphatic hydroxyl groups is 1. The zero-order chi connectivity index (χ0) is 13.0. The third kappa shape index (κ3) is 2.94. The van der Waals surface area contributed by atoms with Gasteiger partial charge in [-0.05, 0) is 17.7 Å². The molecule has 0 fully saturated rings. The maximum atomic E-state index is 10.0. The van der Waals surface area contributed by atoms with E-state index in [1.54, 1.807) is 18.2 Å². The fourth-order valence-corrected chi connectivity index (χ4v) is 1.97. The molecule has 1 atom stereocenters. The minimum absolute atomic E-state index is 0.359. The average molecular weight is 263 g/mol. The number of benzene rings is 2. The summed E-state index contributed by atoms with van der Waals surface area (Å²) >= 11 is 6.03. The van der Waals surface area contributed by atoms with Gasteiger partial charge in [0.25, 0.3) is 0 Å². The summed E-state index contributed by atoms with van der Waals surface area (Å²) in [5, 5.41) is 13.6. The van der Waals surface area contributed by atoms with Crippen molar-refractivity contribution in [1.82, 2.24) is 0 Å². The first-order valence-electron chi connectivity index (χ1n) is 5.69. The Morgan fingerprint density at radius 1 is 1.11 bits per heavy atom. The molecule has 0 heterocycles. The van der Waals surface area contributed by atoms with Crippen molar-refractivity contribution in [1.29, 1.82) is 0 Å². The number of nitrogen functional groups attached to an aromatic ring is 1. The Morgan fingerprint density at radius 2 is 1.83 bits per heavy atom. The number of anilines is 2. The van der Waals surface area contributed by atoms with E-state index >= 15 is 0 Å². The molecule has 0 radical (unpaired) electrons. The third-order valence-electron chi connectivity index (χ3n) is 2.70. The van der Waals surface area contributed by atoms with E-state index in [9.17, 15) is 5.11 Å². The van der Waals surface area contributed by atoms with E-state index in [2.05, 4.69) is 5.32 Å². The molecule has 94 valence electrons. The number of nitrogens with one attached hydrogen (secondary N) is 1. The van der Waals surface area contributed by atoms with Gasteiger partial charge in [-0.1, -0.05) is 48.0 Å². The SMILES string of the molecule is Nc1cccc(Cl)c1NCC(O)c1ccccc1. The van der Waals surface area contributed by atoms with Crippen LogP contribution in [-0.4, -0.2) is 11.7 Å². The molecule has 0 saturated heterocycles. The fraction of sp³-hybridized carbons (Fsp3) is 0.143. The number of aliphatic hydroxyl groups excluding tert-OH is 1. The summed E-state index contributed by atoms with van der Waals surface area (Å²) in [6.45, 7) is 0.359. The topological polar surface area (TPSA) is 58.3 Å². The van der Waals surface area contributed by atoms with Crippen molar-refractivity contribution in [3.05, 3.63) is 59.1 Å². The Balaban J connectivity index is 2.04. The molecule has 0 amide bonds. The van der Waals surface area contributed by atoms with Crippen LogP contribution in [0.1, 0.15) is 11.7 Å². The first kappa shape index (κ1) is 12.7. The van der Waals surface area contributed by atoms with Crippen molar-refractivity contribution >= 4 is 23.0 Å². The van der Waals surface area contributed by atoms with E-state index in [0.29, 0.717) is 22.9 Å². The predicted octanol–water partition coefficient (Wildman–Crippen LogP) is 3.07. The summed E-state index contributed by atoms with van der Waals surface area (Å²) in [6, 6.07) is 14.8. The van der Waals surface area contributed by atoms with Crippen molar-refractivity contribution in [2.45, 2.75) is 6.10 Å². The quantitative estimate of drug-likeness (QED) is 0.742. The smallest absolute Gasteiger partial charge is 0.0962 e. The van der Waals surface area contributed by atoms with Gasteiger partial charge in [0.1, 0.15) is 0 Å². The first-order chi connectivity index (χ1) is 8.68. The van der Waals surface area contributed by atoms with Crippen LogP contribution >= 0.6 is 11.6 Å². The van der Waals surface area contributed by atoms with Gasteiger partial charge < -0.3 is 16.2 Å². The number of nitrogens with two attached hydrogens (primary N) is 1. The molecule has 0 aliphatic heterocycles. The summed E-state index contributed by atoms with van der Waals surface area (Å²) in [6.07, 6.45) is -0.595. The monoisotopic (exact) mass is 262 g/mol. The molecule has 4 heteroatoms. The average Bonchev–Trinajstić information content (AvgIpc) is 2.39. The highest BCUT2D eigenvalue weighted by molar-refractivity contribution is 6.33. The molecular formula is C14H15ClN2O. The van der Waals surface area contributed by atoms with Crippen LogP contribution in [0.4, 0.5) is 11.4 Å². The second kappa shape index (κ2) is 5.76. The second-order valence-corrected chi connectivity index (χ2v) is 4.42. The van der Waals surface area contributed by atoms with Crippen LogP contribution in [0.15, 0.2) is 48.5 Å². The molecule has 1 unspecified atom stereocenters. The van der Waals surface area contributed by atoms with Crippen LogP contribution in [0.2, 0.25) is 5.02 Å². The Kier molecular flexibility index (Phi) is 4.07. The van der Waals surface area contributed by atoms with Gasteiger partial charge in [-0.3, -0.25) is 0 Å². The van der Waals surface area contributed by atoms with Crippen molar-refractivity contribution < 1.29 is 5.11 Å². The third-order valence-corrected chi connectivity index (χ3v) is 3.02. The van der Waals surface area contributed by atoms with Gasteiger partial charge in [-0.2, -0.15) is 0 Å². The highest BCUT2D eigenvalue weighted by atomic mass is 35.5. The van der Waals surface area contributed by atoms with E-state index in [0.717, 1.165) is 5.56 Å². The molecule has 2 aromatic rings. The molecule has 2 rings (SSSR count). The summed E-state index contributed by atoms with van der Waals surface area (Å²) in [4.78, 5) is 0. The van der Waals surface area contributed by atoms with Gasteiger partial charge in [0, 0.05) is 6.54 Å². The second-order valence-electron chi connectivity index (χ2n) is 4.01. The molecule has 0 aromatic heterocycles. The first-order valence-corrected chi connectivity index (χ1v) is 6.07. The molecule has 0 saturated carbocycles. The summed E-state index contributed by atoms with van der Waals surface area (Å²) in [7, 11) is 0.